The van der Waals surface area contributed by atoms with Gasteiger partial charge in [0.15, 0.2) is 0 Å². The highest BCUT2D eigenvalue weighted by molar-refractivity contribution is 6.05. The molecule has 1 heterocycles. The Bertz CT molecular complexity index is 710. The van der Waals surface area contributed by atoms with Crippen molar-refractivity contribution in [2.45, 2.75) is 92.4 Å². The van der Waals surface area contributed by atoms with E-state index < -0.39 is 0 Å². The first-order chi connectivity index (χ1) is 14.3. The third kappa shape index (κ3) is 3.48. The molecule has 2 saturated carbocycles. The predicted octanol–water partition coefficient (Wildman–Crippen LogP) is 6.23. The topological polar surface area (TPSA) is 37.4 Å². The second-order valence-electron chi connectivity index (χ2n) is 11.6. The summed E-state index contributed by atoms with van der Waals surface area (Å²) in [4.78, 5) is 27.7. The number of fused-ring (bicyclic) bond motifs is 5. The summed E-state index contributed by atoms with van der Waals surface area (Å²) in [5.74, 6) is 3.49. The number of carbonyl (C=O) groups excluding carboxylic acids is 2. The Balaban J connectivity index is 1.50. The van der Waals surface area contributed by atoms with E-state index in [2.05, 4.69) is 40.7 Å². The van der Waals surface area contributed by atoms with Crippen molar-refractivity contribution in [1.82, 2.24) is 4.90 Å². The van der Waals surface area contributed by atoms with Crippen molar-refractivity contribution >= 4 is 11.8 Å². The minimum absolute atomic E-state index is 0.0592. The Labute approximate surface area is 184 Å². The number of allylic oxidation sites excluding steroid dienone is 2. The number of likely N-dealkylation sites (tertiary alicyclic amines) is 1. The molecular formula is C27H43NO2. The third-order valence-corrected chi connectivity index (χ3v) is 9.42. The van der Waals surface area contributed by atoms with Gasteiger partial charge in [-0.05, 0) is 73.5 Å². The predicted molar refractivity (Wildman–Crippen MR) is 122 cm³/mol. The molecule has 0 aromatic carbocycles. The zero-order valence-corrected chi connectivity index (χ0v) is 20.0. The number of nitrogens with zero attached hydrogens (tertiary/aromatic N) is 1. The number of rotatable bonds is 7. The van der Waals surface area contributed by atoms with Crippen molar-refractivity contribution in [3.63, 3.8) is 0 Å². The van der Waals surface area contributed by atoms with Crippen LogP contribution in [0.25, 0.3) is 0 Å². The van der Waals surface area contributed by atoms with Gasteiger partial charge in [-0.2, -0.15) is 0 Å². The van der Waals surface area contributed by atoms with Crippen molar-refractivity contribution in [1.29, 1.82) is 0 Å². The molecule has 4 aliphatic rings. The van der Waals surface area contributed by atoms with E-state index in [9.17, 15) is 9.59 Å². The Kier molecular flexibility index (Phi) is 6.21. The molecule has 7 atom stereocenters. The molecule has 0 aromatic heterocycles. The van der Waals surface area contributed by atoms with Gasteiger partial charge in [0.2, 0.25) is 11.8 Å². The van der Waals surface area contributed by atoms with E-state index in [0.29, 0.717) is 23.8 Å². The first kappa shape index (κ1) is 22.1. The van der Waals surface area contributed by atoms with Gasteiger partial charge in [-0.15, -0.1) is 0 Å². The largest absolute Gasteiger partial charge is 0.282 e. The van der Waals surface area contributed by atoms with Gasteiger partial charge in [0.05, 0.1) is 11.8 Å². The SMILES string of the molecule is CCCN1C(=O)[C@H]2[C@H](CC=C3[C@H]2CC[C@]2(C)[C@@H]([C@H](C)CCCC(C)C)CC[C@@H]32)C1=O. The molecule has 3 fully saturated rings. The lowest BCUT2D eigenvalue weighted by atomic mass is 9.54. The molecule has 1 aliphatic heterocycles. The molecule has 0 N–H and O–H groups in total. The van der Waals surface area contributed by atoms with Crippen molar-refractivity contribution in [2.75, 3.05) is 6.54 Å². The number of hydrogen-bond acceptors (Lipinski definition) is 2. The van der Waals surface area contributed by atoms with Gasteiger partial charge in [0.25, 0.3) is 0 Å². The zero-order chi connectivity index (χ0) is 21.6. The minimum Gasteiger partial charge on any atom is -0.282 e. The fourth-order valence-corrected chi connectivity index (χ4v) is 7.95. The molecular weight excluding hydrogens is 370 g/mol. The Morgan fingerprint density at radius 2 is 1.83 bits per heavy atom. The summed E-state index contributed by atoms with van der Waals surface area (Å²) in [5, 5.41) is 0. The van der Waals surface area contributed by atoms with E-state index in [1.807, 2.05) is 0 Å². The molecule has 0 spiro atoms. The molecule has 1 saturated heterocycles. The van der Waals surface area contributed by atoms with Crippen molar-refractivity contribution in [3.05, 3.63) is 11.6 Å². The van der Waals surface area contributed by atoms with Gasteiger partial charge in [-0.25, -0.2) is 0 Å². The average Bonchev–Trinajstić information content (AvgIpc) is 3.18. The minimum atomic E-state index is -0.0747. The van der Waals surface area contributed by atoms with E-state index in [0.717, 1.165) is 37.0 Å². The lowest BCUT2D eigenvalue weighted by molar-refractivity contribution is -0.140. The fraction of sp³-hybridized carbons (Fsp3) is 0.852. The standard InChI is InChI=1S/C27H43NO2/c1-6-16-28-25(29)21-11-10-19-20(24(21)26(28)30)14-15-27(5)22(12-13-23(19)27)18(4)9-7-8-17(2)3/h10,17-18,20-24H,6-9,11-16H2,1-5H3/t18-,20-,21+,22-,23+,24-,27-/m1/s1. The van der Waals surface area contributed by atoms with E-state index in [1.165, 1.54) is 38.5 Å². The molecule has 2 amide bonds. The highest BCUT2D eigenvalue weighted by atomic mass is 16.2. The number of carbonyl (C=O) groups is 2. The molecule has 4 rings (SSSR count). The average molecular weight is 414 g/mol. The fourth-order valence-electron chi connectivity index (χ4n) is 7.95. The lowest BCUT2D eigenvalue weighted by Gasteiger charge is -2.49. The first-order valence-corrected chi connectivity index (χ1v) is 12.8. The van der Waals surface area contributed by atoms with Crippen LogP contribution in [0.5, 0.6) is 0 Å². The molecule has 3 heteroatoms. The van der Waals surface area contributed by atoms with E-state index in [4.69, 9.17) is 0 Å². The second kappa shape index (κ2) is 8.43. The summed E-state index contributed by atoms with van der Waals surface area (Å²) in [6, 6.07) is 0. The van der Waals surface area contributed by atoms with E-state index >= 15 is 0 Å². The van der Waals surface area contributed by atoms with Crippen LogP contribution in [0.1, 0.15) is 92.4 Å². The molecule has 0 aromatic rings. The molecule has 3 aliphatic carbocycles. The van der Waals surface area contributed by atoms with Crippen LogP contribution in [0, 0.1) is 46.8 Å². The van der Waals surface area contributed by atoms with Crippen LogP contribution >= 0.6 is 0 Å². The van der Waals surface area contributed by atoms with Gasteiger partial charge in [0.1, 0.15) is 0 Å². The Morgan fingerprint density at radius 1 is 1.07 bits per heavy atom. The molecule has 0 bridgehead atoms. The van der Waals surface area contributed by atoms with Crippen LogP contribution in [0.2, 0.25) is 0 Å². The van der Waals surface area contributed by atoms with Gasteiger partial charge in [-0.3, -0.25) is 14.5 Å². The lowest BCUT2D eigenvalue weighted by Crippen LogP contribution is -2.44. The number of hydrogen-bond donors (Lipinski definition) is 0. The summed E-state index contributed by atoms with van der Waals surface area (Å²) >= 11 is 0. The van der Waals surface area contributed by atoms with Crippen LogP contribution in [0.4, 0.5) is 0 Å². The molecule has 168 valence electrons. The molecule has 0 radical (unpaired) electrons. The van der Waals surface area contributed by atoms with Crippen LogP contribution in [0.15, 0.2) is 11.6 Å². The summed E-state index contributed by atoms with van der Waals surface area (Å²) in [7, 11) is 0. The molecule has 0 unspecified atom stereocenters. The van der Waals surface area contributed by atoms with Crippen LogP contribution < -0.4 is 0 Å². The zero-order valence-electron chi connectivity index (χ0n) is 20.0. The summed E-state index contributed by atoms with van der Waals surface area (Å²) in [5.41, 5.74) is 1.96. The quantitative estimate of drug-likeness (QED) is 0.366. The second-order valence-corrected chi connectivity index (χ2v) is 11.6. The normalized spacial score (nSPS) is 39.1. The van der Waals surface area contributed by atoms with E-state index in [-0.39, 0.29) is 23.7 Å². The van der Waals surface area contributed by atoms with Crippen LogP contribution in [-0.4, -0.2) is 23.3 Å². The maximum absolute atomic E-state index is 13.2. The van der Waals surface area contributed by atoms with Crippen LogP contribution in [-0.2, 0) is 9.59 Å². The Hall–Kier alpha value is -1.12. The van der Waals surface area contributed by atoms with Crippen molar-refractivity contribution < 1.29 is 9.59 Å². The smallest absolute Gasteiger partial charge is 0.233 e. The van der Waals surface area contributed by atoms with Gasteiger partial charge < -0.3 is 0 Å². The van der Waals surface area contributed by atoms with Crippen molar-refractivity contribution in [2.24, 2.45) is 46.8 Å². The summed E-state index contributed by atoms with van der Waals surface area (Å²) in [6.07, 6.45) is 13.1. The number of imide groups is 1. The van der Waals surface area contributed by atoms with Gasteiger partial charge in [0, 0.05) is 6.54 Å². The summed E-state index contributed by atoms with van der Waals surface area (Å²) in [6.45, 7) is 12.4. The molecule has 3 nitrogen and oxygen atoms in total. The van der Waals surface area contributed by atoms with Crippen LogP contribution in [0.3, 0.4) is 0 Å². The van der Waals surface area contributed by atoms with Gasteiger partial charge >= 0.3 is 0 Å². The van der Waals surface area contributed by atoms with Crippen molar-refractivity contribution in [3.8, 4) is 0 Å². The maximum Gasteiger partial charge on any atom is 0.233 e. The Morgan fingerprint density at radius 3 is 2.53 bits per heavy atom. The maximum atomic E-state index is 13.2. The first-order valence-electron chi connectivity index (χ1n) is 12.8. The highest BCUT2D eigenvalue weighted by Gasteiger charge is 2.59. The molecule has 30 heavy (non-hydrogen) atoms. The third-order valence-electron chi connectivity index (χ3n) is 9.42. The summed E-state index contributed by atoms with van der Waals surface area (Å²) < 4.78 is 0. The van der Waals surface area contributed by atoms with Gasteiger partial charge in [-0.1, -0.05) is 65.5 Å². The number of amides is 2. The highest BCUT2D eigenvalue weighted by Crippen LogP contribution is 2.64. The van der Waals surface area contributed by atoms with E-state index in [1.54, 1.807) is 10.5 Å². The monoisotopic (exact) mass is 413 g/mol.